The number of ether oxygens (including phenoxy) is 1. The second-order valence-electron chi connectivity index (χ2n) is 13.6. The Labute approximate surface area is 280 Å². The molecule has 4 N–H and O–H groups in total. The van der Waals surface area contributed by atoms with Gasteiger partial charge in [-0.25, -0.2) is 0 Å². The third-order valence-corrected chi connectivity index (χ3v) is 9.82. The van der Waals surface area contributed by atoms with Gasteiger partial charge < -0.3 is 30.3 Å². The lowest BCUT2D eigenvalue weighted by Crippen LogP contribution is -2.34. The molecule has 0 saturated heterocycles. The molecular weight excluding hydrogens is 590 g/mol. The Balaban J connectivity index is 1.17. The Kier molecular flexibility index (Phi) is 12.4. The van der Waals surface area contributed by atoms with E-state index in [9.17, 15) is 15.0 Å². The summed E-state index contributed by atoms with van der Waals surface area (Å²) in [4.78, 5) is 19.2. The second kappa shape index (κ2) is 16.7. The highest BCUT2D eigenvalue weighted by atomic mass is 16.5. The van der Waals surface area contributed by atoms with Crippen molar-refractivity contribution in [2.24, 2.45) is 0 Å². The van der Waals surface area contributed by atoms with E-state index in [1.54, 1.807) is 4.90 Å². The van der Waals surface area contributed by atoms with E-state index in [2.05, 4.69) is 66.6 Å². The SMILES string of the molecule is Cc1ccc(C(C)CCCC(=O)N(CCO)CCCCC(O)CO)cc1CNC1(c2cnccc2-c2ccccc2OC2CC2)CC1. The van der Waals surface area contributed by atoms with Crippen LogP contribution in [0.5, 0.6) is 5.75 Å². The lowest BCUT2D eigenvalue weighted by Gasteiger charge is -2.23. The van der Waals surface area contributed by atoms with Crippen molar-refractivity contribution in [2.45, 2.75) is 108 Å². The van der Waals surface area contributed by atoms with Gasteiger partial charge in [-0.15, -0.1) is 0 Å². The molecule has 8 heteroatoms. The van der Waals surface area contributed by atoms with Gasteiger partial charge in [-0.2, -0.15) is 0 Å². The van der Waals surface area contributed by atoms with Crippen LogP contribution in [0.25, 0.3) is 11.1 Å². The normalized spacial score (nSPS) is 16.4. The number of aromatic nitrogens is 1. The number of aliphatic hydroxyl groups is 3. The van der Waals surface area contributed by atoms with Crippen LogP contribution in [0.4, 0.5) is 0 Å². The maximum atomic E-state index is 12.9. The zero-order chi connectivity index (χ0) is 33.2. The average molecular weight is 644 g/mol. The maximum Gasteiger partial charge on any atom is 0.222 e. The monoisotopic (exact) mass is 643 g/mol. The molecule has 254 valence electrons. The van der Waals surface area contributed by atoms with E-state index in [1.807, 2.05) is 18.5 Å². The van der Waals surface area contributed by atoms with E-state index in [4.69, 9.17) is 9.84 Å². The lowest BCUT2D eigenvalue weighted by molar-refractivity contribution is -0.132. The molecule has 1 amide bonds. The zero-order valence-electron chi connectivity index (χ0n) is 28.2. The Bertz CT molecular complexity index is 1450. The Hall–Kier alpha value is -3.30. The summed E-state index contributed by atoms with van der Waals surface area (Å²) in [5.74, 6) is 1.33. The van der Waals surface area contributed by atoms with Crippen molar-refractivity contribution in [3.63, 3.8) is 0 Å². The van der Waals surface area contributed by atoms with Crippen LogP contribution in [0.3, 0.4) is 0 Å². The van der Waals surface area contributed by atoms with E-state index in [0.29, 0.717) is 38.0 Å². The van der Waals surface area contributed by atoms with Crippen LogP contribution in [0, 0.1) is 6.92 Å². The molecule has 8 nitrogen and oxygen atoms in total. The third kappa shape index (κ3) is 9.63. The summed E-state index contributed by atoms with van der Waals surface area (Å²) < 4.78 is 6.29. The molecule has 0 radical (unpaired) electrons. The van der Waals surface area contributed by atoms with Crippen LogP contribution in [-0.2, 0) is 16.9 Å². The van der Waals surface area contributed by atoms with Crippen molar-refractivity contribution in [1.82, 2.24) is 15.2 Å². The van der Waals surface area contributed by atoms with E-state index in [0.717, 1.165) is 69.2 Å². The van der Waals surface area contributed by atoms with Crippen LogP contribution < -0.4 is 10.1 Å². The molecule has 3 aromatic rings. The first-order valence-electron chi connectivity index (χ1n) is 17.6. The van der Waals surface area contributed by atoms with Gasteiger partial charge in [-0.3, -0.25) is 9.78 Å². The summed E-state index contributed by atoms with van der Waals surface area (Å²) >= 11 is 0. The molecule has 2 atom stereocenters. The quantitative estimate of drug-likeness (QED) is 0.112. The van der Waals surface area contributed by atoms with Crippen LogP contribution in [-0.4, -0.2) is 69.6 Å². The van der Waals surface area contributed by atoms with Crippen molar-refractivity contribution < 1.29 is 24.9 Å². The van der Waals surface area contributed by atoms with Crippen LogP contribution in [0.15, 0.2) is 60.9 Å². The highest BCUT2D eigenvalue weighted by Crippen LogP contribution is 2.50. The summed E-state index contributed by atoms with van der Waals surface area (Å²) in [6.45, 7) is 5.76. The van der Waals surface area contributed by atoms with E-state index in [1.165, 1.54) is 27.8 Å². The number of hydrogen-bond acceptors (Lipinski definition) is 7. The molecule has 0 aliphatic heterocycles. The lowest BCUT2D eigenvalue weighted by atomic mass is 9.91. The van der Waals surface area contributed by atoms with Crippen molar-refractivity contribution >= 4 is 5.91 Å². The van der Waals surface area contributed by atoms with Crippen molar-refractivity contribution in [3.05, 3.63) is 83.2 Å². The van der Waals surface area contributed by atoms with Crippen molar-refractivity contribution in [3.8, 4) is 16.9 Å². The molecule has 47 heavy (non-hydrogen) atoms. The number of unbranched alkanes of at least 4 members (excludes halogenated alkanes) is 1. The number of aliphatic hydroxyl groups excluding tert-OH is 3. The van der Waals surface area contributed by atoms with Crippen molar-refractivity contribution in [1.29, 1.82) is 0 Å². The summed E-state index contributed by atoms with van der Waals surface area (Å²) in [6.07, 6.45) is 12.0. The van der Waals surface area contributed by atoms with Gasteiger partial charge in [-0.1, -0.05) is 43.3 Å². The molecule has 2 aromatic carbocycles. The Morgan fingerprint density at radius 2 is 1.85 bits per heavy atom. The fourth-order valence-corrected chi connectivity index (χ4v) is 6.43. The fraction of sp³-hybridized carbons (Fsp3) is 0.538. The van der Waals surface area contributed by atoms with Crippen LogP contribution >= 0.6 is 0 Å². The molecule has 2 unspecified atom stereocenters. The summed E-state index contributed by atoms with van der Waals surface area (Å²) in [7, 11) is 0. The van der Waals surface area contributed by atoms with Gasteiger partial charge in [0.15, 0.2) is 0 Å². The number of hydrogen-bond donors (Lipinski definition) is 4. The van der Waals surface area contributed by atoms with Gasteiger partial charge >= 0.3 is 0 Å². The van der Waals surface area contributed by atoms with Gasteiger partial charge in [0, 0.05) is 49.6 Å². The minimum absolute atomic E-state index is 0.0624. The first-order valence-corrected chi connectivity index (χ1v) is 17.6. The number of nitrogens with zero attached hydrogens (tertiary/aromatic N) is 2. The molecule has 2 saturated carbocycles. The highest BCUT2D eigenvalue weighted by molar-refractivity contribution is 5.76. The van der Waals surface area contributed by atoms with Gasteiger partial charge in [0.1, 0.15) is 5.75 Å². The molecule has 2 fully saturated rings. The maximum absolute atomic E-state index is 12.9. The number of carbonyl (C=O) groups is 1. The third-order valence-electron chi connectivity index (χ3n) is 9.82. The number of benzene rings is 2. The number of nitrogens with one attached hydrogen (secondary N) is 1. The Morgan fingerprint density at radius 3 is 2.60 bits per heavy atom. The molecule has 0 bridgehead atoms. The Morgan fingerprint density at radius 1 is 1.04 bits per heavy atom. The van der Waals surface area contributed by atoms with E-state index >= 15 is 0 Å². The van der Waals surface area contributed by atoms with E-state index in [-0.39, 0.29) is 24.7 Å². The number of amides is 1. The number of para-hydroxylation sites is 1. The van der Waals surface area contributed by atoms with E-state index < -0.39 is 6.10 Å². The molecule has 1 aromatic heterocycles. The predicted octanol–water partition coefficient (Wildman–Crippen LogP) is 6.00. The summed E-state index contributed by atoms with van der Waals surface area (Å²) in [5, 5.41) is 31.9. The van der Waals surface area contributed by atoms with Crippen molar-refractivity contribution in [2.75, 3.05) is 26.3 Å². The van der Waals surface area contributed by atoms with Gasteiger partial charge in [0.05, 0.1) is 25.4 Å². The standard InChI is InChI=1S/C39H53N3O5/c1-28(8-7-12-38(46)42(22-23-43)21-6-5-9-32(45)27-44)30-14-13-29(2)31(24-30)25-41-39(18-19-39)36-26-40-20-17-34(36)35-10-3-4-11-37(35)47-33-15-16-33/h3-4,10-11,13-14,17,20,24,26,28,32-33,41,43-45H,5-9,12,15-16,18-19,21-23,25,27H2,1-2H3. The largest absolute Gasteiger partial charge is 0.490 e. The smallest absolute Gasteiger partial charge is 0.222 e. The second-order valence-corrected chi connectivity index (χ2v) is 13.6. The molecule has 2 aliphatic rings. The zero-order valence-corrected chi connectivity index (χ0v) is 28.2. The first-order chi connectivity index (χ1) is 22.8. The minimum Gasteiger partial charge on any atom is -0.490 e. The van der Waals surface area contributed by atoms with Gasteiger partial charge in [0.25, 0.3) is 0 Å². The summed E-state index contributed by atoms with van der Waals surface area (Å²) in [6, 6.07) is 17.2. The molecule has 5 rings (SSSR count). The highest BCUT2D eigenvalue weighted by Gasteiger charge is 2.45. The minimum atomic E-state index is -0.708. The topological polar surface area (TPSA) is 115 Å². The molecule has 2 aliphatic carbocycles. The number of rotatable bonds is 20. The number of aryl methyl sites for hydroxylation is 1. The molecule has 0 spiro atoms. The predicted molar refractivity (Wildman–Crippen MR) is 185 cm³/mol. The van der Waals surface area contributed by atoms with Gasteiger partial charge in [-0.05, 0) is 111 Å². The van der Waals surface area contributed by atoms with Gasteiger partial charge in [0.2, 0.25) is 5.91 Å². The van der Waals surface area contributed by atoms with Crippen LogP contribution in [0.1, 0.15) is 99.3 Å². The number of pyridine rings is 1. The van der Waals surface area contributed by atoms with Crippen LogP contribution in [0.2, 0.25) is 0 Å². The average Bonchev–Trinajstić information content (AvgIpc) is 4.03. The first kappa shape index (κ1) is 35.0. The molecule has 1 heterocycles. The summed E-state index contributed by atoms with van der Waals surface area (Å²) in [5.41, 5.74) is 7.29. The molecular formula is C39H53N3O5. The number of carbonyl (C=O) groups excluding carboxylic acids is 1. The fourth-order valence-electron chi connectivity index (χ4n) is 6.43.